The Morgan fingerprint density at radius 3 is 2.75 bits per heavy atom. The van der Waals surface area contributed by atoms with E-state index < -0.39 is 5.83 Å². The van der Waals surface area contributed by atoms with Gasteiger partial charge in [0.15, 0.2) is 0 Å². The quantitative estimate of drug-likeness (QED) is 0.411. The van der Waals surface area contributed by atoms with Crippen molar-refractivity contribution in [3.63, 3.8) is 0 Å². The summed E-state index contributed by atoms with van der Waals surface area (Å²) in [5, 5.41) is 0. The third-order valence-electron chi connectivity index (χ3n) is 0.574. The van der Waals surface area contributed by atoms with E-state index in [1.807, 2.05) is 0 Å². The van der Waals surface area contributed by atoms with Crippen LogP contribution < -0.4 is 0 Å². The van der Waals surface area contributed by atoms with Crippen LogP contribution in [0.25, 0.3) is 0 Å². The average Bonchev–Trinajstić information content (AvgIpc) is 1.66. The summed E-state index contributed by atoms with van der Waals surface area (Å²) < 4.78 is 11.7. The lowest BCUT2D eigenvalue weighted by atomic mass is 10.4. The van der Waals surface area contributed by atoms with Crippen LogP contribution in [0, 0.1) is 0 Å². The second kappa shape index (κ2) is 4.85. The Morgan fingerprint density at radius 1 is 1.75 bits per heavy atom. The molecule has 46 valence electrons. The van der Waals surface area contributed by atoms with Crippen molar-refractivity contribution in [2.45, 2.75) is 6.42 Å². The second-order valence-corrected chi connectivity index (χ2v) is 1.70. The highest BCUT2D eigenvalue weighted by molar-refractivity contribution is 6.17. The van der Waals surface area contributed by atoms with E-state index in [0.29, 0.717) is 12.3 Å². The summed E-state index contributed by atoms with van der Waals surface area (Å²) in [6.07, 6.45) is 3.65. The molecule has 0 fully saturated rings. The first kappa shape index (κ1) is 7.70. The van der Waals surface area contributed by atoms with Crippen LogP contribution in [0.4, 0.5) is 4.39 Å². The smallest absolute Gasteiger partial charge is 0.115 e. The molecular weight excluding hydrogens is 127 g/mol. The average molecular weight is 135 g/mol. The van der Waals surface area contributed by atoms with Crippen LogP contribution in [0.1, 0.15) is 6.42 Å². The van der Waals surface area contributed by atoms with E-state index in [1.165, 1.54) is 6.08 Å². The van der Waals surface area contributed by atoms with Gasteiger partial charge in [0.05, 0.1) is 0 Å². The van der Waals surface area contributed by atoms with Crippen molar-refractivity contribution >= 4 is 11.6 Å². The standard InChI is InChI=1S/C6H8ClF/c1-6(8)4-2-3-5-7/h2,4H,1,3,5H2/b4-2+. The Balaban J connectivity index is 3.20. The normalized spacial score (nSPS) is 10.2. The van der Waals surface area contributed by atoms with Crippen LogP contribution in [0.5, 0.6) is 0 Å². The van der Waals surface area contributed by atoms with Gasteiger partial charge in [-0.2, -0.15) is 0 Å². The van der Waals surface area contributed by atoms with Crippen LogP contribution >= 0.6 is 11.6 Å². The molecule has 0 aromatic rings. The van der Waals surface area contributed by atoms with Gasteiger partial charge in [0.25, 0.3) is 0 Å². The van der Waals surface area contributed by atoms with Crippen LogP contribution in [-0.2, 0) is 0 Å². The zero-order chi connectivity index (χ0) is 6.41. The van der Waals surface area contributed by atoms with Crippen molar-refractivity contribution in [1.29, 1.82) is 0 Å². The maximum absolute atomic E-state index is 11.7. The molecule has 0 aliphatic carbocycles. The largest absolute Gasteiger partial charge is 0.208 e. The van der Waals surface area contributed by atoms with Gasteiger partial charge < -0.3 is 0 Å². The van der Waals surface area contributed by atoms with E-state index in [9.17, 15) is 4.39 Å². The molecule has 0 N–H and O–H groups in total. The first-order valence-electron chi connectivity index (χ1n) is 2.34. The van der Waals surface area contributed by atoms with Gasteiger partial charge in [-0.05, 0) is 12.5 Å². The molecule has 0 aromatic heterocycles. The molecular formula is C6H8ClF. The SMILES string of the molecule is C=C(F)/C=C/CCCl. The van der Waals surface area contributed by atoms with E-state index >= 15 is 0 Å². The summed E-state index contributed by atoms with van der Waals surface area (Å²) in [6, 6.07) is 0. The maximum Gasteiger partial charge on any atom is 0.115 e. The highest BCUT2D eigenvalue weighted by Crippen LogP contribution is 1.94. The monoisotopic (exact) mass is 134 g/mol. The minimum atomic E-state index is -0.421. The molecule has 0 atom stereocenters. The Labute approximate surface area is 53.7 Å². The summed E-state index contributed by atoms with van der Waals surface area (Å²) in [7, 11) is 0. The highest BCUT2D eigenvalue weighted by Gasteiger charge is 1.76. The van der Waals surface area contributed by atoms with Crippen molar-refractivity contribution < 1.29 is 4.39 Å². The number of hydrogen-bond donors (Lipinski definition) is 0. The zero-order valence-corrected chi connectivity index (χ0v) is 5.29. The topological polar surface area (TPSA) is 0 Å². The Bertz CT molecular complexity index is 96.7. The van der Waals surface area contributed by atoms with Gasteiger partial charge in [-0.25, -0.2) is 4.39 Å². The highest BCUT2D eigenvalue weighted by atomic mass is 35.5. The van der Waals surface area contributed by atoms with Crippen molar-refractivity contribution in [2.75, 3.05) is 5.88 Å². The lowest BCUT2D eigenvalue weighted by molar-refractivity contribution is 0.670. The first-order valence-corrected chi connectivity index (χ1v) is 2.87. The molecule has 0 nitrogen and oxygen atoms in total. The minimum absolute atomic E-state index is 0.421. The van der Waals surface area contributed by atoms with Crippen LogP contribution in [0.15, 0.2) is 24.6 Å². The molecule has 0 bridgehead atoms. The molecule has 0 radical (unpaired) electrons. The minimum Gasteiger partial charge on any atom is -0.208 e. The summed E-state index contributed by atoms with van der Waals surface area (Å²) in [5.74, 6) is 0.110. The Kier molecular flexibility index (Phi) is 4.67. The third kappa shape index (κ3) is 5.70. The fraction of sp³-hybridized carbons (Fsp3) is 0.333. The van der Waals surface area contributed by atoms with Crippen molar-refractivity contribution in [1.82, 2.24) is 0 Å². The van der Waals surface area contributed by atoms with Crippen LogP contribution in [-0.4, -0.2) is 5.88 Å². The molecule has 0 rings (SSSR count). The molecule has 0 unspecified atom stereocenters. The third-order valence-corrected chi connectivity index (χ3v) is 0.793. The van der Waals surface area contributed by atoms with Gasteiger partial charge >= 0.3 is 0 Å². The predicted octanol–water partition coefficient (Wildman–Crippen LogP) is 2.65. The maximum atomic E-state index is 11.7. The lowest BCUT2D eigenvalue weighted by Gasteiger charge is -1.79. The van der Waals surface area contributed by atoms with Gasteiger partial charge in [-0.15, -0.1) is 11.6 Å². The van der Waals surface area contributed by atoms with E-state index in [1.54, 1.807) is 6.08 Å². The number of halogens is 2. The van der Waals surface area contributed by atoms with Crippen LogP contribution in [0.2, 0.25) is 0 Å². The van der Waals surface area contributed by atoms with Crippen molar-refractivity contribution in [3.05, 3.63) is 24.6 Å². The van der Waals surface area contributed by atoms with Gasteiger partial charge in [0.1, 0.15) is 5.83 Å². The molecule has 0 saturated carbocycles. The molecule has 0 spiro atoms. The van der Waals surface area contributed by atoms with Crippen molar-refractivity contribution in [3.8, 4) is 0 Å². The van der Waals surface area contributed by atoms with E-state index in [-0.39, 0.29) is 0 Å². The molecule has 0 aromatic carbocycles. The molecule has 0 aliphatic rings. The molecule has 0 amide bonds. The summed E-state index contributed by atoms with van der Waals surface area (Å²) in [4.78, 5) is 0. The molecule has 0 heterocycles. The number of rotatable bonds is 3. The lowest BCUT2D eigenvalue weighted by Crippen LogP contribution is -1.65. The van der Waals surface area contributed by atoms with Gasteiger partial charge in [0, 0.05) is 5.88 Å². The Morgan fingerprint density at radius 2 is 2.38 bits per heavy atom. The van der Waals surface area contributed by atoms with Crippen molar-refractivity contribution in [2.24, 2.45) is 0 Å². The molecule has 2 heteroatoms. The zero-order valence-electron chi connectivity index (χ0n) is 4.53. The fourth-order valence-electron chi connectivity index (χ4n) is 0.274. The van der Waals surface area contributed by atoms with Gasteiger partial charge in [-0.1, -0.05) is 12.7 Å². The summed E-state index contributed by atoms with van der Waals surface area (Å²) >= 11 is 5.28. The van der Waals surface area contributed by atoms with E-state index in [0.717, 1.165) is 0 Å². The molecule has 8 heavy (non-hydrogen) atoms. The van der Waals surface area contributed by atoms with E-state index in [4.69, 9.17) is 11.6 Å². The van der Waals surface area contributed by atoms with Gasteiger partial charge in [-0.3, -0.25) is 0 Å². The summed E-state index contributed by atoms with van der Waals surface area (Å²) in [5.41, 5.74) is 0. The molecule has 0 aliphatic heterocycles. The van der Waals surface area contributed by atoms with E-state index in [2.05, 4.69) is 6.58 Å². The second-order valence-electron chi connectivity index (χ2n) is 1.33. The first-order chi connectivity index (χ1) is 3.77. The Hall–Kier alpha value is -0.300. The number of allylic oxidation sites excluding steroid dienone is 3. The predicted molar refractivity (Wildman–Crippen MR) is 34.7 cm³/mol. The molecule has 0 saturated heterocycles. The summed E-state index contributed by atoms with van der Waals surface area (Å²) in [6.45, 7) is 3.03. The fourth-order valence-corrected chi connectivity index (χ4v) is 0.400. The van der Waals surface area contributed by atoms with Gasteiger partial charge in [0.2, 0.25) is 0 Å². The number of alkyl halides is 1. The van der Waals surface area contributed by atoms with Crippen LogP contribution in [0.3, 0.4) is 0 Å². The number of hydrogen-bond acceptors (Lipinski definition) is 0.